The Morgan fingerprint density at radius 1 is 1.18 bits per heavy atom. The molecular weight excluding hydrogens is 360 g/mol. The standard InChI is InChI=1S/C22H38O6/c1-2-3-6-9-17(24)12-13-19-18(20(25)16-21(19)26)10-7-4-5-8-11-22(27)28-15-14-23/h4,7,12-13,17-21,23-26H,2-3,5-6,8-11,14-16H2,1H3/b7-4-,13-12+/t17-,18+,19+,20-,21+/m0/s1. The number of rotatable bonds is 14. The lowest BCUT2D eigenvalue weighted by Gasteiger charge is -2.19. The summed E-state index contributed by atoms with van der Waals surface area (Å²) in [5, 5.41) is 39.1. The first-order valence-electron chi connectivity index (χ1n) is 10.6. The van der Waals surface area contributed by atoms with Gasteiger partial charge in [0.25, 0.3) is 0 Å². The third kappa shape index (κ3) is 9.82. The van der Waals surface area contributed by atoms with Crippen LogP contribution in [0.15, 0.2) is 24.3 Å². The zero-order valence-corrected chi connectivity index (χ0v) is 17.1. The second kappa shape index (κ2) is 14.7. The summed E-state index contributed by atoms with van der Waals surface area (Å²) in [5.41, 5.74) is 0. The Bertz CT molecular complexity index is 476. The van der Waals surface area contributed by atoms with Crippen LogP contribution < -0.4 is 0 Å². The van der Waals surface area contributed by atoms with Gasteiger partial charge in [-0.1, -0.05) is 50.5 Å². The molecule has 0 aromatic heterocycles. The van der Waals surface area contributed by atoms with E-state index in [2.05, 4.69) is 6.92 Å². The molecule has 0 radical (unpaired) electrons. The van der Waals surface area contributed by atoms with Gasteiger partial charge in [0, 0.05) is 18.8 Å². The molecule has 4 N–H and O–H groups in total. The minimum absolute atomic E-state index is 0.0405. The highest BCUT2D eigenvalue weighted by molar-refractivity contribution is 5.69. The molecule has 0 bridgehead atoms. The van der Waals surface area contributed by atoms with Crippen LogP contribution in [0.25, 0.3) is 0 Å². The molecular formula is C22H38O6. The molecule has 0 spiro atoms. The maximum atomic E-state index is 11.3. The molecule has 0 saturated heterocycles. The predicted octanol–water partition coefficient (Wildman–Crippen LogP) is 2.49. The predicted molar refractivity (Wildman–Crippen MR) is 109 cm³/mol. The smallest absolute Gasteiger partial charge is 0.305 e. The average molecular weight is 399 g/mol. The van der Waals surface area contributed by atoms with Gasteiger partial charge in [0.1, 0.15) is 6.61 Å². The van der Waals surface area contributed by atoms with E-state index in [0.717, 1.165) is 32.1 Å². The van der Waals surface area contributed by atoms with Crippen LogP contribution in [0.1, 0.15) is 64.7 Å². The number of carbonyl (C=O) groups excluding carboxylic acids is 1. The number of aliphatic hydroxyl groups is 4. The second-order valence-corrected chi connectivity index (χ2v) is 7.60. The van der Waals surface area contributed by atoms with E-state index in [-0.39, 0.29) is 31.0 Å². The van der Waals surface area contributed by atoms with Crippen molar-refractivity contribution >= 4 is 5.97 Å². The highest BCUT2D eigenvalue weighted by atomic mass is 16.5. The Morgan fingerprint density at radius 3 is 2.68 bits per heavy atom. The molecule has 28 heavy (non-hydrogen) atoms. The van der Waals surface area contributed by atoms with Crippen LogP contribution >= 0.6 is 0 Å². The van der Waals surface area contributed by atoms with E-state index in [9.17, 15) is 20.1 Å². The fourth-order valence-electron chi connectivity index (χ4n) is 3.63. The highest BCUT2D eigenvalue weighted by Crippen LogP contribution is 2.36. The Kier molecular flexibility index (Phi) is 13.1. The molecule has 1 aliphatic rings. The van der Waals surface area contributed by atoms with Crippen LogP contribution in [0.4, 0.5) is 0 Å². The van der Waals surface area contributed by atoms with Gasteiger partial charge < -0.3 is 25.2 Å². The SMILES string of the molecule is CCCCC[C@H](O)/C=C/[C@@H]1[C@@H](C/C=C\CCCC(=O)OCCO)[C@@H](O)C[C@H]1O. The summed E-state index contributed by atoms with van der Waals surface area (Å²) < 4.78 is 4.79. The summed E-state index contributed by atoms with van der Waals surface area (Å²) in [4.78, 5) is 11.3. The van der Waals surface area contributed by atoms with Gasteiger partial charge in [-0.3, -0.25) is 4.79 Å². The lowest BCUT2D eigenvalue weighted by molar-refractivity contribution is -0.144. The van der Waals surface area contributed by atoms with Crippen molar-refractivity contribution in [1.82, 2.24) is 0 Å². The Morgan fingerprint density at radius 2 is 1.96 bits per heavy atom. The van der Waals surface area contributed by atoms with Gasteiger partial charge in [0.15, 0.2) is 0 Å². The number of aliphatic hydroxyl groups excluding tert-OH is 4. The topological polar surface area (TPSA) is 107 Å². The van der Waals surface area contributed by atoms with E-state index < -0.39 is 18.3 Å². The summed E-state index contributed by atoms with van der Waals surface area (Å²) in [5.74, 6) is -0.534. The minimum atomic E-state index is -0.589. The Hall–Kier alpha value is -1.21. The number of ether oxygens (including phenoxy) is 1. The van der Waals surface area contributed by atoms with Crippen LogP contribution in [0.3, 0.4) is 0 Å². The fraction of sp³-hybridized carbons (Fsp3) is 0.773. The molecule has 1 rings (SSSR count). The first-order chi connectivity index (χ1) is 13.5. The number of unbranched alkanes of at least 4 members (excludes halogenated alkanes) is 3. The molecule has 0 amide bonds. The molecule has 5 atom stereocenters. The first kappa shape index (κ1) is 24.8. The molecule has 162 valence electrons. The first-order valence-corrected chi connectivity index (χ1v) is 10.6. The lowest BCUT2D eigenvalue weighted by atomic mass is 9.89. The van der Waals surface area contributed by atoms with Crippen LogP contribution in [0.2, 0.25) is 0 Å². The van der Waals surface area contributed by atoms with Crippen molar-refractivity contribution < 1.29 is 30.0 Å². The second-order valence-electron chi connectivity index (χ2n) is 7.60. The van der Waals surface area contributed by atoms with Gasteiger partial charge >= 0.3 is 5.97 Å². The van der Waals surface area contributed by atoms with Crippen LogP contribution in [-0.2, 0) is 9.53 Å². The van der Waals surface area contributed by atoms with Crippen LogP contribution in [-0.4, -0.2) is 57.9 Å². The molecule has 6 nitrogen and oxygen atoms in total. The van der Waals surface area contributed by atoms with Crippen molar-refractivity contribution in [3.8, 4) is 0 Å². The van der Waals surface area contributed by atoms with Gasteiger partial charge in [-0.05, 0) is 31.6 Å². The van der Waals surface area contributed by atoms with Crippen molar-refractivity contribution in [2.24, 2.45) is 11.8 Å². The molecule has 6 heteroatoms. The van der Waals surface area contributed by atoms with Gasteiger partial charge in [0.2, 0.25) is 0 Å². The van der Waals surface area contributed by atoms with E-state index in [4.69, 9.17) is 9.84 Å². The minimum Gasteiger partial charge on any atom is -0.463 e. The quantitative estimate of drug-likeness (QED) is 0.203. The van der Waals surface area contributed by atoms with Crippen LogP contribution in [0, 0.1) is 11.8 Å². The van der Waals surface area contributed by atoms with Crippen LogP contribution in [0.5, 0.6) is 0 Å². The van der Waals surface area contributed by atoms with Gasteiger partial charge in [-0.2, -0.15) is 0 Å². The molecule has 1 aliphatic carbocycles. The fourth-order valence-corrected chi connectivity index (χ4v) is 3.63. The molecule has 0 aromatic rings. The lowest BCUT2D eigenvalue weighted by Crippen LogP contribution is -2.20. The molecule has 1 saturated carbocycles. The Labute approximate surface area is 168 Å². The molecule has 0 unspecified atom stereocenters. The number of esters is 1. The third-order valence-electron chi connectivity index (χ3n) is 5.26. The zero-order chi connectivity index (χ0) is 20.8. The maximum absolute atomic E-state index is 11.3. The largest absolute Gasteiger partial charge is 0.463 e. The summed E-state index contributed by atoms with van der Waals surface area (Å²) in [7, 11) is 0. The van der Waals surface area contributed by atoms with Crippen molar-refractivity contribution in [2.75, 3.05) is 13.2 Å². The summed E-state index contributed by atoms with van der Waals surface area (Å²) >= 11 is 0. The van der Waals surface area contributed by atoms with E-state index in [0.29, 0.717) is 25.7 Å². The Balaban J connectivity index is 2.39. The van der Waals surface area contributed by atoms with Crippen molar-refractivity contribution in [1.29, 1.82) is 0 Å². The van der Waals surface area contributed by atoms with Gasteiger partial charge in [0.05, 0.1) is 24.9 Å². The zero-order valence-electron chi connectivity index (χ0n) is 17.1. The van der Waals surface area contributed by atoms with E-state index >= 15 is 0 Å². The molecule has 0 aromatic carbocycles. The highest BCUT2D eigenvalue weighted by Gasteiger charge is 2.39. The number of hydrogen-bond donors (Lipinski definition) is 4. The van der Waals surface area contributed by atoms with Crippen molar-refractivity contribution in [3.63, 3.8) is 0 Å². The summed E-state index contributed by atoms with van der Waals surface area (Å²) in [6, 6.07) is 0. The molecule has 1 fully saturated rings. The van der Waals surface area contributed by atoms with E-state index in [1.54, 1.807) is 6.08 Å². The third-order valence-corrected chi connectivity index (χ3v) is 5.26. The number of allylic oxidation sites excluding steroid dienone is 2. The number of carbonyl (C=O) groups is 1. The van der Waals surface area contributed by atoms with E-state index in [1.807, 2.05) is 18.2 Å². The maximum Gasteiger partial charge on any atom is 0.305 e. The normalized spacial score (nSPS) is 26.3. The van der Waals surface area contributed by atoms with Crippen molar-refractivity contribution in [3.05, 3.63) is 24.3 Å². The number of hydrogen-bond acceptors (Lipinski definition) is 6. The molecule has 0 aliphatic heterocycles. The van der Waals surface area contributed by atoms with Gasteiger partial charge in [-0.15, -0.1) is 0 Å². The van der Waals surface area contributed by atoms with E-state index in [1.165, 1.54) is 0 Å². The molecule has 0 heterocycles. The van der Waals surface area contributed by atoms with Gasteiger partial charge in [-0.25, -0.2) is 0 Å². The summed E-state index contributed by atoms with van der Waals surface area (Å²) in [6.07, 6.45) is 12.6. The summed E-state index contributed by atoms with van der Waals surface area (Å²) in [6.45, 7) is 2.00. The monoisotopic (exact) mass is 398 g/mol. The van der Waals surface area contributed by atoms with Crippen molar-refractivity contribution in [2.45, 2.75) is 83.0 Å². The average Bonchev–Trinajstić information content (AvgIpc) is 2.94.